The zero-order chi connectivity index (χ0) is 27.6. The fourth-order valence-corrected chi connectivity index (χ4v) is 4.23. The van der Waals surface area contributed by atoms with Gasteiger partial charge in [0, 0.05) is 11.8 Å². The van der Waals surface area contributed by atoms with Crippen LogP contribution in [0.3, 0.4) is 0 Å². The summed E-state index contributed by atoms with van der Waals surface area (Å²) >= 11 is 0. The quantitative estimate of drug-likeness (QED) is 0.245. The van der Waals surface area contributed by atoms with Crippen molar-refractivity contribution in [3.05, 3.63) is 102 Å². The number of nitrogens with zero attached hydrogens (tertiary/aromatic N) is 3. The highest BCUT2D eigenvalue weighted by Crippen LogP contribution is 2.41. The maximum absolute atomic E-state index is 14.1. The number of carbonyl (C=O) groups excluding carboxylic acids is 1. The minimum atomic E-state index is -4.80. The molecule has 5 nitrogen and oxygen atoms in total. The smallest absolute Gasteiger partial charge is 0.416 e. The summed E-state index contributed by atoms with van der Waals surface area (Å²) in [5.74, 6) is -0.778. The second-order valence-corrected chi connectivity index (χ2v) is 8.35. The van der Waals surface area contributed by atoms with Gasteiger partial charge < -0.3 is 9.64 Å². The molecule has 1 aliphatic rings. The van der Waals surface area contributed by atoms with Crippen molar-refractivity contribution in [2.75, 3.05) is 23.6 Å². The highest BCUT2D eigenvalue weighted by atomic mass is 19.4. The number of allylic oxidation sites excluding steroid dienone is 2. The molecule has 0 saturated heterocycles. The van der Waals surface area contributed by atoms with Crippen LogP contribution in [0.4, 0.5) is 34.6 Å². The number of aryl methyl sites for hydroxylation is 1. The number of amides is 1. The lowest BCUT2D eigenvalue weighted by Crippen LogP contribution is -2.46. The van der Waals surface area contributed by atoms with E-state index in [0.29, 0.717) is 41.4 Å². The monoisotopic (exact) mass is 512 g/mol. The Balaban J connectivity index is 1.97. The largest absolute Gasteiger partial charge is 0.481 e. The van der Waals surface area contributed by atoms with Crippen LogP contribution < -0.4 is 14.5 Å². The summed E-state index contributed by atoms with van der Waals surface area (Å²) in [5, 5.41) is 0. The van der Waals surface area contributed by atoms with Crippen LogP contribution in [-0.2, 0) is 19.0 Å². The number of rotatable bonds is 8. The maximum atomic E-state index is 14.1. The fourth-order valence-electron chi connectivity index (χ4n) is 4.23. The van der Waals surface area contributed by atoms with Gasteiger partial charge in [-0.1, -0.05) is 12.2 Å². The highest BCUT2D eigenvalue weighted by Gasteiger charge is 2.37. The summed E-state index contributed by atoms with van der Waals surface area (Å²) < 4.78 is 69.1. The second kappa shape index (κ2) is 10.5. The minimum Gasteiger partial charge on any atom is -0.481 e. The van der Waals surface area contributed by atoms with Crippen molar-refractivity contribution in [2.45, 2.75) is 25.4 Å². The van der Waals surface area contributed by atoms with Gasteiger partial charge in [-0.15, -0.1) is 13.2 Å². The number of ether oxygens (including phenoxy) is 1. The van der Waals surface area contributed by atoms with Crippen molar-refractivity contribution in [3.8, 4) is 5.88 Å². The van der Waals surface area contributed by atoms with Crippen LogP contribution in [0, 0.1) is 5.82 Å². The van der Waals surface area contributed by atoms with Crippen molar-refractivity contribution in [1.82, 2.24) is 4.98 Å². The van der Waals surface area contributed by atoms with Gasteiger partial charge in [0.25, 0.3) is 5.91 Å². The molecule has 0 spiro atoms. The predicted octanol–water partition coefficient (Wildman–Crippen LogP) is 6.85. The molecule has 4 rings (SSSR count). The van der Waals surface area contributed by atoms with Crippen LogP contribution in [-0.4, -0.2) is 24.7 Å². The molecule has 0 fully saturated rings. The number of hydrogen-bond donors (Lipinski definition) is 0. The van der Waals surface area contributed by atoms with Gasteiger partial charge in [-0.3, -0.25) is 9.69 Å². The van der Waals surface area contributed by atoms with E-state index in [2.05, 4.69) is 18.1 Å². The van der Waals surface area contributed by atoms with Crippen molar-refractivity contribution >= 4 is 23.0 Å². The summed E-state index contributed by atoms with van der Waals surface area (Å²) in [6.45, 7) is 7.19. The molecule has 0 unspecified atom stereocenters. The molecule has 3 aromatic rings. The minimum absolute atomic E-state index is 0.0892. The van der Waals surface area contributed by atoms with Gasteiger partial charge in [-0.25, -0.2) is 9.37 Å². The number of carbonyl (C=O) groups is 1. The average Bonchev–Trinajstić information content (AvgIpc) is 2.88. The second-order valence-electron chi connectivity index (χ2n) is 8.35. The molecule has 2 heterocycles. The Morgan fingerprint density at radius 3 is 2.51 bits per heavy atom. The Bertz CT molecular complexity index is 1410. The van der Waals surface area contributed by atoms with E-state index in [1.807, 2.05) is 0 Å². The van der Waals surface area contributed by atoms with Crippen molar-refractivity contribution < 1.29 is 28.5 Å². The third-order valence-corrected chi connectivity index (χ3v) is 5.96. The standard InChI is InChI=1S/C28H25F4N3O2/c1-4-6-8-22-24(13-14-26(33-22)37-3)35-17-34(23-12-10-20(29)15-18(23)7-5-2)25-16-19(28(30,31)32)9-11-21(25)27(35)36/h4-5,9-16H,1-2,6-8,17H2,3H3/i16D. The molecule has 0 atom stereocenters. The zero-order valence-electron chi connectivity index (χ0n) is 21.1. The van der Waals surface area contributed by atoms with Gasteiger partial charge in [0.05, 0.1) is 36.7 Å². The molecular formula is C28H25F4N3O2. The summed E-state index contributed by atoms with van der Waals surface area (Å²) in [7, 11) is 1.47. The van der Waals surface area contributed by atoms with Crippen LogP contribution in [0.5, 0.6) is 5.88 Å². The zero-order valence-corrected chi connectivity index (χ0v) is 20.1. The van der Waals surface area contributed by atoms with Crippen LogP contribution in [0.1, 0.15) is 35.0 Å². The molecule has 1 amide bonds. The van der Waals surface area contributed by atoms with Gasteiger partial charge >= 0.3 is 6.18 Å². The molecule has 9 heteroatoms. The third kappa shape index (κ3) is 5.21. The molecule has 0 bridgehead atoms. The summed E-state index contributed by atoms with van der Waals surface area (Å²) in [4.78, 5) is 21.0. The maximum Gasteiger partial charge on any atom is 0.416 e. The number of methoxy groups -OCH3 is 1. The molecule has 0 aliphatic carbocycles. The number of halogens is 4. The van der Waals surface area contributed by atoms with Crippen LogP contribution in [0.15, 0.2) is 73.8 Å². The molecule has 2 aromatic carbocycles. The van der Waals surface area contributed by atoms with E-state index < -0.39 is 29.5 Å². The molecule has 0 N–H and O–H groups in total. The Kier molecular flexibility index (Phi) is 6.94. The number of anilines is 3. The first-order valence-electron chi connectivity index (χ1n) is 11.9. The topological polar surface area (TPSA) is 45.7 Å². The van der Waals surface area contributed by atoms with Crippen LogP contribution >= 0.6 is 0 Å². The van der Waals surface area contributed by atoms with Crippen molar-refractivity contribution in [1.29, 1.82) is 0 Å². The lowest BCUT2D eigenvalue weighted by atomic mass is 10.0. The van der Waals surface area contributed by atoms with Crippen molar-refractivity contribution in [3.63, 3.8) is 0 Å². The summed E-state index contributed by atoms with van der Waals surface area (Å²) in [5.41, 5.74) is 0.300. The highest BCUT2D eigenvalue weighted by molar-refractivity contribution is 6.13. The molecule has 0 saturated carbocycles. The Morgan fingerprint density at radius 1 is 1.08 bits per heavy atom. The van der Waals surface area contributed by atoms with Crippen LogP contribution in [0.2, 0.25) is 0 Å². The third-order valence-electron chi connectivity index (χ3n) is 5.96. The number of fused-ring (bicyclic) bond motifs is 1. The molecule has 0 radical (unpaired) electrons. The normalized spacial score (nSPS) is 13.8. The first-order valence-corrected chi connectivity index (χ1v) is 11.4. The first-order chi connectivity index (χ1) is 18.1. The van der Waals surface area contributed by atoms with E-state index >= 15 is 0 Å². The SMILES string of the molecule is [2H]c1c(C(F)(F)F)ccc2c1N(c1ccc(F)cc1CC=C)CN(c1ccc(OC)nc1CCC=C)C2=O. The van der Waals surface area contributed by atoms with Gasteiger partial charge in [0.1, 0.15) is 12.5 Å². The molecular weight excluding hydrogens is 486 g/mol. The number of pyridine rings is 1. The summed E-state index contributed by atoms with van der Waals surface area (Å²) in [6.07, 6.45) is -0.350. The summed E-state index contributed by atoms with van der Waals surface area (Å²) in [6, 6.07) is 8.10. The predicted molar refractivity (Wildman–Crippen MR) is 135 cm³/mol. The molecule has 1 aliphatic heterocycles. The Morgan fingerprint density at radius 2 is 1.84 bits per heavy atom. The van der Waals surface area contributed by atoms with Gasteiger partial charge in [-0.2, -0.15) is 13.2 Å². The van der Waals surface area contributed by atoms with Crippen LogP contribution in [0.25, 0.3) is 0 Å². The average molecular weight is 513 g/mol. The van der Waals surface area contributed by atoms with Gasteiger partial charge in [0.2, 0.25) is 5.88 Å². The fraction of sp³-hybridized carbons (Fsp3) is 0.214. The Hall–Kier alpha value is -4.14. The molecule has 37 heavy (non-hydrogen) atoms. The molecule has 192 valence electrons. The van der Waals surface area contributed by atoms with Crippen molar-refractivity contribution in [2.24, 2.45) is 0 Å². The Labute approximate surface area is 213 Å². The molecule has 1 aromatic heterocycles. The van der Waals surface area contributed by atoms with E-state index in [-0.39, 0.29) is 24.3 Å². The first kappa shape index (κ1) is 24.5. The van der Waals surface area contributed by atoms with E-state index in [9.17, 15) is 22.4 Å². The lowest BCUT2D eigenvalue weighted by Gasteiger charge is -2.39. The number of benzene rings is 2. The van der Waals surface area contributed by atoms with E-state index in [1.54, 1.807) is 24.3 Å². The lowest BCUT2D eigenvalue weighted by molar-refractivity contribution is -0.137. The number of hydrogen-bond acceptors (Lipinski definition) is 4. The number of alkyl halides is 3. The van der Waals surface area contributed by atoms with Gasteiger partial charge in [-0.05, 0) is 67.3 Å². The van der Waals surface area contributed by atoms with Gasteiger partial charge in [0.15, 0.2) is 0 Å². The van der Waals surface area contributed by atoms with E-state index in [0.717, 1.165) is 12.1 Å². The van der Waals surface area contributed by atoms with E-state index in [1.165, 1.54) is 35.1 Å². The van der Waals surface area contributed by atoms with E-state index in [4.69, 9.17) is 6.11 Å². The number of aromatic nitrogens is 1.